The van der Waals surface area contributed by atoms with E-state index in [2.05, 4.69) is 22.2 Å². The molecule has 1 amide bonds. The Kier molecular flexibility index (Phi) is 4.80. The second-order valence-electron chi connectivity index (χ2n) is 9.48. The Morgan fingerprint density at radius 2 is 1.80 bits per heavy atom. The van der Waals surface area contributed by atoms with Gasteiger partial charge in [0.25, 0.3) is 5.91 Å². The Labute approximate surface area is 177 Å². The predicted molar refractivity (Wildman–Crippen MR) is 115 cm³/mol. The summed E-state index contributed by atoms with van der Waals surface area (Å²) in [6.45, 7) is 5.82. The number of aryl methyl sites for hydroxylation is 1. The number of benzene rings is 1. The van der Waals surface area contributed by atoms with E-state index in [-0.39, 0.29) is 18.1 Å². The molecule has 0 atom stereocenters. The van der Waals surface area contributed by atoms with Gasteiger partial charge in [-0.05, 0) is 75.3 Å². The molecule has 30 heavy (non-hydrogen) atoms. The van der Waals surface area contributed by atoms with Gasteiger partial charge < -0.3 is 20.1 Å². The molecule has 0 aromatic heterocycles. The van der Waals surface area contributed by atoms with Crippen LogP contribution in [0.5, 0.6) is 5.75 Å². The summed E-state index contributed by atoms with van der Waals surface area (Å²) < 4.78 is 11.5. The number of amides is 1. The molecule has 0 spiro atoms. The number of aliphatic imine (C=N–C) groups is 1. The van der Waals surface area contributed by atoms with Gasteiger partial charge in [0.05, 0.1) is 6.08 Å². The molecule has 6 rings (SSSR count). The first kappa shape index (κ1) is 19.2. The Morgan fingerprint density at radius 3 is 2.43 bits per heavy atom. The van der Waals surface area contributed by atoms with Gasteiger partial charge in [-0.25, -0.2) is 0 Å². The number of carbonyl (C=O) groups is 1. The average Bonchev–Trinajstić information content (AvgIpc) is 2.66. The van der Waals surface area contributed by atoms with Gasteiger partial charge in [-0.15, -0.1) is 0 Å². The molecule has 4 bridgehead atoms. The zero-order valence-electron chi connectivity index (χ0n) is 17.4. The fraction of sp³-hybridized carbons (Fsp3) is 0.500. The van der Waals surface area contributed by atoms with Gasteiger partial charge in [-0.1, -0.05) is 24.3 Å². The zero-order chi connectivity index (χ0) is 20.7. The van der Waals surface area contributed by atoms with Crippen LogP contribution in [0.2, 0.25) is 0 Å². The molecule has 4 aliphatic carbocycles. The smallest absolute Gasteiger partial charge is 0.258 e. The number of carbonyl (C=O) groups excluding carboxylic acids is 1. The fourth-order valence-corrected chi connectivity index (χ4v) is 6.08. The minimum absolute atomic E-state index is 0.00965. The number of rotatable bonds is 5. The van der Waals surface area contributed by atoms with Gasteiger partial charge in [0, 0.05) is 5.54 Å². The number of nitrogens with zero attached hydrogens (tertiary/aromatic N) is 1. The molecule has 0 radical (unpaired) electrons. The van der Waals surface area contributed by atoms with Crippen LogP contribution in [0.3, 0.4) is 0 Å². The molecule has 1 aliphatic heterocycles. The van der Waals surface area contributed by atoms with Gasteiger partial charge in [-0.3, -0.25) is 4.79 Å². The van der Waals surface area contributed by atoms with Crippen LogP contribution in [0.15, 0.2) is 53.6 Å². The first-order chi connectivity index (χ1) is 14.4. The number of hydrogen-bond acceptors (Lipinski definition) is 5. The predicted octanol–water partition coefficient (Wildman–Crippen LogP) is 3.79. The summed E-state index contributed by atoms with van der Waals surface area (Å²) in [5.41, 5.74) is 1.15. The molecule has 6 nitrogen and oxygen atoms in total. The lowest BCUT2D eigenvalue weighted by molar-refractivity contribution is -0.129. The summed E-state index contributed by atoms with van der Waals surface area (Å²) >= 11 is 0. The lowest BCUT2D eigenvalue weighted by Gasteiger charge is -2.56. The summed E-state index contributed by atoms with van der Waals surface area (Å²) in [4.78, 5) is 16.9. The molecular formula is C24H29N3O3. The van der Waals surface area contributed by atoms with Crippen LogP contribution in [-0.2, 0) is 9.53 Å². The number of nitrogens with one attached hydrogen (secondary N) is 2. The summed E-state index contributed by atoms with van der Waals surface area (Å²) in [5, 5.41) is 6.30. The van der Waals surface area contributed by atoms with E-state index in [0.29, 0.717) is 23.4 Å². The van der Waals surface area contributed by atoms with Crippen LogP contribution < -0.4 is 15.4 Å². The van der Waals surface area contributed by atoms with Crippen molar-refractivity contribution in [1.82, 2.24) is 10.6 Å². The van der Waals surface area contributed by atoms with Crippen LogP contribution in [0, 0.1) is 24.7 Å². The van der Waals surface area contributed by atoms with Crippen molar-refractivity contribution in [1.29, 1.82) is 0 Å². The van der Waals surface area contributed by atoms with Crippen molar-refractivity contribution in [2.45, 2.75) is 51.0 Å². The largest absolute Gasteiger partial charge is 0.467 e. The molecule has 2 N–H and O–H groups in total. The van der Waals surface area contributed by atoms with E-state index in [1.165, 1.54) is 19.3 Å². The molecule has 0 saturated heterocycles. The summed E-state index contributed by atoms with van der Waals surface area (Å²) in [6.07, 6.45) is 9.08. The molecule has 5 aliphatic rings. The highest BCUT2D eigenvalue weighted by Crippen LogP contribution is 2.55. The van der Waals surface area contributed by atoms with Crippen molar-refractivity contribution in [3.63, 3.8) is 0 Å². The van der Waals surface area contributed by atoms with Gasteiger partial charge in [0.2, 0.25) is 11.8 Å². The van der Waals surface area contributed by atoms with Crippen LogP contribution >= 0.6 is 0 Å². The highest BCUT2D eigenvalue weighted by atomic mass is 16.5. The van der Waals surface area contributed by atoms with Crippen molar-refractivity contribution in [3.8, 4) is 5.75 Å². The SMILES string of the molecule is C=C1N=C(OCC(=O)NC23CC4CC(CC(C4)C2)C3)C=C(Oc2ccc(C)cc2)N1. The third-order valence-corrected chi connectivity index (χ3v) is 6.81. The first-order valence-electron chi connectivity index (χ1n) is 10.9. The maximum Gasteiger partial charge on any atom is 0.258 e. The minimum atomic E-state index is -0.0711. The van der Waals surface area contributed by atoms with E-state index in [4.69, 9.17) is 9.47 Å². The monoisotopic (exact) mass is 407 g/mol. The van der Waals surface area contributed by atoms with Crippen molar-refractivity contribution in [2.24, 2.45) is 22.7 Å². The van der Waals surface area contributed by atoms with E-state index >= 15 is 0 Å². The lowest BCUT2D eigenvalue weighted by atomic mass is 9.53. The van der Waals surface area contributed by atoms with Crippen LogP contribution in [0.1, 0.15) is 44.1 Å². The molecule has 6 heteroatoms. The molecule has 1 aromatic carbocycles. The lowest BCUT2D eigenvalue weighted by Crippen LogP contribution is -2.60. The summed E-state index contributed by atoms with van der Waals surface area (Å²) in [6, 6.07) is 7.75. The molecule has 158 valence electrons. The van der Waals surface area contributed by atoms with E-state index < -0.39 is 0 Å². The Hall–Kier alpha value is -2.76. The van der Waals surface area contributed by atoms with Crippen LogP contribution in [-0.4, -0.2) is 24.0 Å². The first-order valence-corrected chi connectivity index (χ1v) is 10.9. The maximum atomic E-state index is 12.7. The van der Waals surface area contributed by atoms with Crippen LogP contribution in [0.4, 0.5) is 0 Å². The Morgan fingerprint density at radius 1 is 1.17 bits per heavy atom. The fourth-order valence-electron chi connectivity index (χ4n) is 6.08. The van der Waals surface area contributed by atoms with Crippen molar-refractivity contribution in [3.05, 3.63) is 54.2 Å². The normalized spacial score (nSPS) is 31.5. The Balaban J connectivity index is 1.18. The van der Waals surface area contributed by atoms with E-state index in [1.807, 2.05) is 31.2 Å². The maximum absolute atomic E-state index is 12.7. The van der Waals surface area contributed by atoms with Crippen molar-refractivity contribution in [2.75, 3.05) is 6.61 Å². The molecule has 4 saturated carbocycles. The topological polar surface area (TPSA) is 72.0 Å². The average molecular weight is 408 g/mol. The van der Waals surface area contributed by atoms with E-state index in [9.17, 15) is 4.79 Å². The molecular weight excluding hydrogens is 378 g/mol. The third-order valence-electron chi connectivity index (χ3n) is 6.81. The highest BCUT2D eigenvalue weighted by Gasteiger charge is 2.51. The molecule has 0 unspecified atom stereocenters. The van der Waals surface area contributed by atoms with Gasteiger partial charge in [0.1, 0.15) is 11.6 Å². The zero-order valence-corrected chi connectivity index (χ0v) is 17.4. The summed E-state index contributed by atoms with van der Waals surface area (Å²) in [7, 11) is 0. The standard InChI is InChI=1S/C24H29N3O3/c1-15-3-5-20(6-4-15)30-23-10-22(25-16(2)26-23)29-14-21(28)27-24-11-17-7-18(12-24)9-19(8-17)13-24/h3-6,10,17-19,26H,2,7-9,11-14H2,1H3,(H,27,28). The van der Waals surface area contributed by atoms with Crippen molar-refractivity contribution < 1.29 is 14.3 Å². The van der Waals surface area contributed by atoms with E-state index in [1.54, 1.807) is 6.08 Å². The van der Waals surface area contributed by atoms with Gasteiger partial charge in [-0.2, -0.15) is 4.99 Å². The van der Waals surface area contributed by atoms with Crippen LogP contribution in [0.25, 0.3) is 0 Å². The quantitative estimate of drug-likeness (QED) is 0.779. The van der Waals surface area contributed by atoms with Crippen molar-refractivity contribution >= 4 is 11.8 Å². The summed E-state index contributed by atoms with van der Waals surface area (Å²) in [5.74, 6) is 4.20. The minimum Gasteiger partial charge on any atom is -0.467 e. The third kappa shape index (κ3) is 4.09. The Bertz CT molecular complexity index is 881. The van der Waals surface area contributed by atoms with Gasteiger partial charge >= 0.3 is 0 Å². The number of ether oxygens (including phenoxy) is 2. The molecule has 4 fully saturated rings. The van der Waals surface area contributed by atoms with Gasteiger partial charge in [0.15, 0.2) is 6.61 Å². The highest BCUT2D eigenvalue weighted by molar-refractivity contribution is 5.91. The second kappa shape index (κ2) is 7.49. The molecule has 1 heterocycles. The second-order valence-corrected chi connectivity index (χ2v) is 9.48. The number of hydrogen-bond donors (Lipinski definition) is 2. The molecule has 1 aromatic rings. The van der Waals surface area contributed by atoms with E-state index in [0.717, 1.165) is 42.6 Å².